The average Bonchev–Trinajstić information content (AvgIpc) is 3.61. The van der Waals surface area contributed by atoms with Crippen molar-refractivity contribution in [3.63, 3.8) is 0 Å². The van der Waals surface area contributed by atoms with Crippen LogP contribution in [0.15, 0.2) is 42.9 Å². The summed E-state index contributed by atoms with van der Waals surface area (Å²) in [5.74, 6) is 2.66. The van der Waals surface area contributed by atoms with E-state index in [-0.39, 0.29) is 23.1 Å². The topological polar surface area (TPSA) is 146 Å². The molecule has 0 spiro atoms. The lowest BCUT2D eigenvalue weighted by Gasteiger charge is -2.31. The van der Waals surface area contributed by atoms with Gasteiger partial charge in [0.25, 0.3) is 5.91 Å². The minimum atomic E-state index is -0.417. The molecule has 5 N–H and O–H groups in total. The fourth-order valence-corrected chi connectivity index (χ4v) is 6.70. The summed E-state index contributed by atoms with van der Waals surface area (Å²) in [4.78, 5) is 26.7. The van der Waals surface area contributed by atoms with Gasteiger partial charge in [0, 0.05) is 39.7 Å². The molecule has 1 aromatic carbocycles. The molecule has 2 bridgehead atoms. The van der Waals surface area contributed by atoms with E-state index < -0.39 is 5.54 Å². The Kier molecular flexibility index (Phi) is 5.72. The molecule has 4 aromatic rings. The Hall–Kier alpha value is -4.58. The number of rotatable bonds is 7. The monoisotopic (exact) mass is 518 g/mol. The lowest BCUT2D eigenvalue weighted by molar-refractivity contribution is -0.116. The van der Waals surface area contributed by atoms with E-state index in [9.17, 15) is 4.79 Å². The largest absolute Gasteiger partial charge is 0.383 e. The van der Waals surface area contributed by atoms with Gasteiger partial charge in [-0.25, -0.2) is 9.97 Å². The van der Waals surface area contributed by atoms with Crippen LogP contribution in [0.5, 0.6) is 0 Å². The van der Waals surface area contributed by atoms with E-state index in [0.29, 0.717) is 35.4 Å². The van der Waals surface area contributed by atoms with Crippen molar-refractivity contribution in [2.24, 2.45) is 5.92 Å². The van der Waals surface area contributed by atoms with E-state index in [0.717, 1.165) is 47.7 Å². The Morgan fingerprint density at radius 1 is 1.26 bits per heavy atom. The first-order valence-corrected chi connectivity index (χ1v) is 13.2. The SMILES string of the molecule is C#Cc1c(-c2cnc3ccccc3c2)c2c(N)ncnc2n1C12CCC(NC(=O)C(=N)[C@H](C)CC=N)(CC1)C2. The standard InChI is InChI=1S/C30H30N8O/c1-3-22-23(20-14-19-6-4-5-7-21(19)34-15-20)24-26(33)35-17-36-27(24)38(22)30-11-9-29(16-30,10-12-30)37-28(39)25(32)18(2)8-13-31/h1,4-7,13-15,17-18,31-32H,8-12,16H2,2H3,(H,37,39)(H2,33,35,36)/t18-,29?,30?/m1/s1. The van der Waals surface area contributed by atoms with Gasteiger partial charge in [-0.15, -0.1) is 6.42 Å². The number of amides is 1. The molecule has 2 aliphatic rings. The van der Waals surface area contributed by atoms with Crippen LogP contribution in [0.4, 0.5) is 5.82 Å². The number of para-hydroxylation sites is 1. The first kappa shape index (κ1) is 24.7. The maximum absolute atomic E-state index is 13.0. The molecule has 1 amide bonds. The van der Waals surface area contributed by atoms with Crippen molar-refractivity contribution in [1.82, 2.24) is 24.8 Å². The van der Waals surface area contributed by atoms with Crippen LogP contribution >= 0.6 is 0 Å². The molecule has 39 heavy (non-hydrogen) atoms. The molecule has 2 fully saturated rings. The zero-order valence-corrected chi connectivity index (χ0v) is 21.8. The van der Waals surface area contributed by atoms with Gasteiger partial charge in [-0.05, 0) is 56.9 Å². The van der Waals surface area contributed by atoms with Crippen LogP contribution < -0.4 is 11.1 Å². The summed E-state index contributed by atoms with van der Waals surface area (Å²) >= 11 is 0. The Morgan fingerprint density at radius 2 is 2.03 bits per heavy atom. The lowest BCUT2D eigenvalue weighted by Crippen LogP contribution is -2.48. The van der Waals surface area contributed by atoms with Crippen molar-refractivity contribution in [2.45, 2.75) is 56.5 Å². The van der Waals surface area contributed by atoms with Crippen molar-refractivity contribution in [3.05, 3.63) is 48.5 Å². The van der Waals surface area contributed by atoms with Gasteiger partial charge >= 0.3 is 0 Å². The minimum absolute atomic E-state index is 0.0135. The van der Waals surface area contributed by atoms with E-state index in [1.165, 1.54) is 12.5 Å². The number of pyridine rings is 1. The first-order valence-electron chi connectivity index (χ1n) is 13.2. The molecular formula is C30H30N8O. The number of terminal acetylenes is 1. The molecule has 2 aliphatic carbocycles. The zero-order chi connectivity index (χ0) is 27.4. The van der Waals surface area contributed by atoms with Gasteiger partial charge in [0.05, 0.1) is 16.6 Å². The van der Waals surface area contributed by atoms with Crippen molar-refractivity contribution < 1.29 is 4.79 Å². The normalized spacial score (nSPS) is 22.6. The summed E-state index contributed by atoms with van der Waals surface area (Å²) in [5, 5.41) is 20.6. The molecule has 0 unspecified atom stereocenters. The summed E-state index contributed by atoms with van der Waals surface area (Å²) in [7, 11) is 0. The number of hydrogen-bond acceptors (Lipinski definition) is 7. The van der Waals surface area contributed by atoms with E-state index in [4.69, 9.17) is 23.0 Å². The van der Waals surface area contributed by atoms with Crippen LogP contribution in [-0.2, 0) is 10.3 Å². The fraction of sp³-hybridized carbons (Fsp3) is 0.333. The molecular weight excluding hydrogens is 488 g/mol. The number of benzene rings is 1. The summed E-state index contributed by atoms with van der Waals surface area (Å²) in [6.45, 7) is 1.80. The second-order valence-electron chi connectivity index (χ2n) is 11.0. The summed E-state index contributed by atoms with van der Waals surface area (Å²) in [5.41, 5.74) is 9.64. The number of nitrogen functional groups attached to an aromatic ring is 1. The van der Waals surface area contributed by atoms with E-state index in [1.807, 2.05) is 30.5 Å². The number of carbonyl (C=O) groups is 1. The number of nitrogens with zero attached hydrogens (tertiary/aromatic N) is 4. The van der Waals surface area contributed by atoms with Crippen molar-refractivity contribution in [3.8, 4) is 23.5 Å². The molecule has 1 atom stereocenters. The minimum Gasteiger partial charge on any atom is -0.383 e. The van der Waals surface area contributed by atoms with Gasteiger partial charge < -0.3 is 21.0 Å². The number of nitrogens with one attached hydrogen (secondary N) is 3. The molecule has 9 heteroatoms. The Morgan fingerprint density at radius 3 is 2.77 bits per heavy atom. The van der Waals surface area contributed by atoms with Crippen LogP contribution in [0, 0.1) is 29.1 Å². The number of fused-ring (bicyclic) bond motifs is 4. The molecule has 0 aliphatic heterocycles. The maximum atomic E-state index is 13.0. The number of carbonyl (C=O) groups excluding carboxylic acids is 1. The Labute approximate surface area is 226 Å². The summed E-state index contributed by atoms with van der Waals surface area (Å²) in [6, 6.07) is 10.00. The van der Waals surface area contributed by atoms with Crippen LogP contribution in [-0.4, -0.2) is 42.9 Å². The third-order valence-electron chi connectivity index (χ3n) is 8.66. The molecule has 0 saturated heterocycles. The molecule has 0 radical (unpaired) electrons. The van der Waals surface area contributed by atoms with E-state index in [2.05, 4.69) is 36.8 Å². The fourth-order valence-electron chi connectivity index (χ4n) is 6.70. The quantitative estimate of drug-likeness (QED) is 0.211. The van der Waals surface area contributed by atoms with Gasteiger partial charge in [0.15, 0.2) is 0 Å². The smallest absolute Gasteiger partial charge is 0.265 e. The zero-order valence-electron chi connectivity index (χ0n) is 21.8. The van der Waals surface area contributed by atoms with Crippen molar-refractivity contribution in [1.29, 1.82) is 10.8 Å². The molecule has 3 aromatic heterocycles. The van der Waals surface area contributed by atoms with Crippen molar-refractivity contribution in [2.75, 3.05) is 5.73 Å². The van der Waals surface area contributed by atoms with Crippen LogP contribution in [0.25, 0.3) is 33.1 Å². The molecule has 6 rings (SSSR count). The summed E-state index contributed by atoms with van der Waals surface area (Å²) < 4.78 is 2.16. The highest BCUT2D eigenvalue weighted by molar-refractivity contribution is 6.38. The predicted molar refractivity (Wildman–Crippen MR) is 153 cm³/mol. The first-order chi connectivity index (χ1) is 18.8. The molecule has 9 nitrogen and oxygen atoms in total. The highest BCUT2D eigenvalue weighted by atomic mass is 16.2. The number of anilines is 1. The van der Waals surface area contributed by atoms with Gasteiger partial charge in [-0.3, -0.25) is 15.2 Å². The van der Waals surface area contributed by atoms with Gasteiger partial charge in [-0.1, -0.05) is 31.0 Å². The average molecular weight is 519 g/mol. The molecule has 196 valence electrons. The van der Waals surface area contributed by atoms with E-state index in [1.54, 1.807) is 6.92 Å². The van der Waals surface area contributed by atoms with Gasteiger partial charge in [-0.2, -0.15) is 0 Å². The molecule has 3 heterocycles. The maximum Gasteiger partial charge on any atom is 0.265 e. The Balaban J connectivity index is 1.45. The van der Waals surface area contributed by atoms with Crippen molar-refractivity contribution >= 4 is 45.6 Å². The third kappa shape index (κ3) is 3.78. The second-order valence-corrected chi connectivity index (χ2v) is 11.0. The van der Waals surface area contributed by atoms with Gasteiger partial charge in [0.2, 0.25) is 0 Å². The van der Waals surface area contributed by atoms with E-state index >= 15 is 0 Å². The number of nitrogens with two attached hydrogens (primary N) is 1. The van der Waals surface area contributed by atoms with Crippen LogP contribution in [0.1, 0.15) is 51.1 Å². The highest BCUT2D eigenvalue weighted by Gasteiger charge is 2.57. The second kappa shape index (κ2) is 9.02. The third-order valence-corrected chi connectivity index (χ3v) is 8.66. The lowest BCUT2D eigenvalue weighted by atomic mass is 9.90. The summed E-state index contributed by atoms with van der Waals surface area (Å²) in [6.07, 6.45) is 15.0. The van der Waals surface area contributed by atoms with Crippen LogP contribution in [0.3, 0.4) is 0 Å². The number of hydrogen-bond donors (Lipinski definition) is 4. The highest BCUT2D eigenvalue weighted by Crippen LogP contribution is 2.57. The Bertz CT molecular complexity index is 1700. The predicted octanol–water partition coefficient (Wildman–Crippen LogP) is 4.43. The number of aromatic nitrogens is 4. The van der Waals surface area contributed by atoms with Crippen LogP contribution in [0.2, 0.25) is 0 Å². The molecule has 2 saturated carbocycles. The van der Waals surface area contributed by atoms with Gasteiger partial charge in [0.1, 0.15) is 23.5 Å².